The number of aryl methyl sites for hydroxylation is 1. The molecule has 0 bridgehead atoms. The van der Waals surface area contributed by atoms with E-state index in [0.29, 0.717) is 6.04 Å². The fourth-order valence-corrected chi connectivity index (χ4v) is 2.33. The van der Waals surface area contributed by atoms with E-state index in [4.69, 9.17) is 0 Å². The van der Waals surface area contributed by atoms with Gasteiger partial charge in [0.25, 0.3) is 0 Å². The number of nitrogens with zero attached hydrogens (tertiary/aromatic N) is 2. The van der Waals surface area contributed by atoms with Crippen molar-refractivity contribution in [3.63, 3.8) is 0 Å². The van der Waals surface area contributed by atoms with Crippen molar-refractivity contribution in [2.45, 2.75) is 33.2 Å². The molecule has 1 unspecified atom stereocenters. The van der Waals surface area contributed by atoms with Crippen LogP contribution >= 0.6 is 11.3 Å². The third-order valence-corrected chi connectivity index (χ3v) is 3.70. The highest BCUT2D eigenvalue weighted by Crippen LogP contribution is 2.26. The normalized spacial score (nSPS) is 13.0. The average molecular weight is 220 g/mol. The number of hydrogen-bond donors (Lipinski definition) is 0. The zero-order valence-corrected chi connectivity index (χ0v) is 10.2. The van der Waals surface area contributed by atoms with Gasteiger partial charge in [-0.2, -0.15) is 5.10 Å². The molecule has 1 atom stereocenters. The van der Waals surface area contributed by atoms with Gasteiger partial charge in [-0.15, -0.1) is 11.3 Å². The summed E-state index contributed by atoms with van der Waals surface area (Å²) < 4.78 is 2.05. The van der Waals surface area contributed by atoms with Gasteiger partial charge in [-0.3, -0.25) is 4.68 Å². The van der Waals surface area contributed by atoms with Crippen LogP contribution in [0.15, 0.2) is 23.7 Å². The molecule has 15 heavy (non-hydrogen) atoms. The van der Waals surface area contributed by atoms with Crippen LogP contribution in [0.3, 0.4) is 0 Å². The Morgan fingerprint density at radius 1 is 1.53 bits per heavy atom. The van der Waals surface area contributed by atoms with E-state index in [2.05, 4.69) is 49.6 Å². The van der Waals surface area contributed by atoms with Crippen molar-refractivity contribution in [3.05, 3.63) is 29.3 Å². The van der Waals surface area contributed by atoms with Crippen LogP contribution in [0.1, 0.15) is 31.9 Å². The maximum atomic E-state index is 4.59. The molecule has 0 fully saturated rings. The van der Waals surface area contributed by atoms with Gasteiger partial charge in [0.05, 0.1) is 4.88 Å². The molecule has 80 valence electrons. The molecule has 0 saturated carbocycles. The Labute approximate surface area is 94.6 Å². The van der Waals surface area contributed by atoms with Crippen LogP contribution < -0.4 is 0 Å². The smallest absolute Gasteiger partial charge is 0.102 e. The van der Waals surface area contributed by atoms with Crippen LogP contribution in [-0.4, -0.2) is 9.78 Å². The highest BCUT2D eigenvalue weighted by Gasteiger charge is 2.07. The minimum atomic E-state index is 0.486. The molecular weight excluding hydrogens is 204 g/mol. The Hall–Kier alpha value is -1.09. The average Bonchev–Trinajstić information content (AvgIpc) is 2.84. The van der Waals surface area contributed by atoms with Gasteiger partial charge in [0.15, 0.2) is 0 Å². The zero-order chi connectivity index (χ0) is 10.8. The molecule has 2 heterocycles. The van der Waals surface area contributed by atoms with Crippen molar-refractivity contribution in [2.75, 3.05) is 0 Å². The summed E-state index contributed by atoms with van der Waals surface area (Å²) >= 11 is 1.76. The maximum Gasteiger partial charge on any atom is 0.102 e. The molecule has 2 aromatic rings. The number of aromatic nitrogens is 2. The van der Waals surface area contributed by atoms with Crippen LogP contribution in [-0.2, 0) is 0 Å². The lowest BCUT2D eigenvalue weighted by Gasteiger charge is -2.07. The molecule has 2 aromatic heterocycles. The minimum absolute atomic E-state index is 0.486. The Morgan fingerprint density at radius 3 is 2.93 bits per heavy atom. The molecule has 0 saturated heterocycles. The van der Waals surface area contributed by atoms with E-state index in [1.807, 2.05) is 4.68 Å². The second kappa shape index (κ2) is 4.19. The highest BCUT2D eigenvalue weighted by atomic mass is 32.1. The summed E-state index contributed by atoms with van der Waals surface area (Å²) in [5.41, 5.74) is 2.40. The topological polar surface area (TPSA) is 17.8 Å². The molecule has 0 aliphatic carbocycles. The SMILES string of the molecule is CCC(C)n1ccc(-c2cc(C)cs2)n1. The van der Waals surface area contributed by atoms with Gasteiger partial charge in [0.1, 0.15) is 5.69 Å². The predicted molar refractivity (Wildman–Crippen MR) is 65.3 cm³/mol. The molecule has 0 aliphatic heterocycles. The van der Waals surface area contributed by atoms with Crippen LogP contribution in [0.5, 0.6) is 0 Å². The summed E-state index contributed by atoms with van der Waals surface area (Å²) in [6, 6.07) is 4.77. The molecule has 2 rings (SSSR count). The summed E-state index contributed by atoms with van der Waals surface area (Å²) in [4.78, 5) is 1.26. The maximum absolute atomic E-state index is 4.59. The van der Waals surface area contributed by atoms with Crippen molar-refractivity contribution in [1.82, 2.24) is 9.78 Å². The third-order valence-electron chi connectivity index (χ3n) is 2.63. The molecule has 0 aromatic carbocycles. The number of thiophene rings is 1. The molecule has 0 radical (unpaired) electrons. The van der Waals surface area contributed by atoms with Crippen molar-refractivity contribution < 1.29 is 0 Å². The second-order valence-electron chi connectivity index (χ2n) is 3.93. The van der Waals surface area contributed by atoms with Gasteiger partial charge in [0, 0.05) is 12.2 Å². The van der Waals surface area contributed by atoms with Crippen molar-refractivity contribution >= 4 is 11.3 Å². The fourth-order valence-electron chi connectivity index (χ4n) is 1.47. The van der Waals surface area contributed by atoms with E-state index in [-0.39, 0.29) is 0 Å². The number of rotatable bonds is 3. The Kier molecular flexibility index (Phi) is 2.91. The van der Waals surface area contributed by atoms with Gasteiger partial charge >= 0.3 is 0 Å². The summed E-state index contributed by atoms with van der Waals surface area (Å²) in [6.45, 7) is 6.49. The van der Waals surface area contributed by atoms with Gasteiger partial charge in [-0.25, -0.2) is 0 Å². The van der Waals surface area contributed by atoms with Gasteiger partial charge in [-0.05, 0) is 43.3 Å². The van der Waals surface area contributed by atoms with Crippen molar-refractivity contribution in [1.29, 1.82) is 0 Å². The first-order valence-corrected chi connectivity index (χ1v) is 6.19. The first-order chi connectivity index (χ1) is 7.20. The minimum Gasteiger partial charge on any atom is -0.269 e. The lowest BCUT2D eigenvalue weighted by Crippen LogP contribution is -2.03. The molecule has 0 spiro atoms. The second-order valence-corrected chi connectivity index (χ2v) is 4.84. The van der Waals surface area contributed by atoms with Crippen LogP contribution in [0.25, 0.3) is 10.6 Å². The number of hydrogen-bond acceptors (Lipinski definition) is 2. The van der Waals surface area contributed by atoms with Crippen LogP contribution in [0.2, 0.25) is 0 Å². The molecule has 0 amide bonds. The largest absolute Gasteiger partial charge is 0.269 e. The van der Waals surface area contributed by atoms with E-state index in [1.54, 1.807) is 11.3 Å². The van der Waals surface area contributed by atoms with Crippen LogP contribution in [0.4, 0.5) is 0 Å². The van der Waals surface area contributed by atoms with Crippen LogP contribution in [0, 0.1) is 6.92 Å². The molecule has 0 aliphatic rings. The van der Waals surface area contributed by atoms with Crippen molar-refractivity contribution in [2.24, 2.45) is 0 Å². The summed E-state index contributed by atoms with van der Waals surface area (Å²) in [5.74, 6) is 0. The van der Waals surface area contributed by atoms with E-state index in [0.717, 1.165) is 12.1 Å². The zero-order valence-electron chi connectivity index (χ0n) is 9.40. The molecule has 3 heteroatoms. The first-order valence-electron chi connectivity index (χ1n) is 5.31. The third kappa shape index (κ3) is 2.12. The van der Waals surface area contributed by atoms with E-state index < -0.39 is 0 Å². The Bertz CT molecular complexity index is 442. The summed E-state index contributed by atoms with van der Waals surface area (Å²) in [7, 11) is 0. The Balaban J connectivity index is 2.27. The van der Waals surface area contributed by atoms with Crippen molar-refractivity contribution in [3.8, 4) is 10.6 Å². The molecule has 2 nitrogen and oxygen atoms in total. The monoisotopic (exact) mass is 220 g/mol. The predicted octanol–water partition coefficient (Wildman–Crippen LogP) is 3.89. The Morgan fingerprint density at radius 2 is 2.33 bits per heavy atom. The first kappa shape index (κ1) is 10.4. The van der Waals surface area contributed by atoms with E-state index in [1.165, 1.54) is 10.4 Å². The standard InChI is InChI=1S/C12H16N2S/c1-4-10(3)14-6-5-11(13-14)12-7-9(2)8-15-12/h5-8,10H,4H2,1-3H3. The molecule has 0 N–H and O–H groups in total. The van der Waals surface area contributed by atoms with Gasteiger partial charge < -0.3 is 0 Å². The summed E-state index contributed by atoms with van der Waals surface area (Å²) in [5, 5.41) is 6.76. The fraction of sp³-hybridized carbons (Fsp3) is 0.417. The van der Waals surface area contributed by atoms with E-state index in [9.17, 15) is 0 Å². The lowest BCUT2D eigenvalue weighted by molar-refractivity contribution is 0.479. The quantitative estimate of drug-likeness (QED) is 0.767. The summed E-state index contributed by atoms with van der Waals surface area (Å²) in [6.07, 6.45) is 3.18. The van der Waals surface area contributed by atoms with Gasteiger partial charge in [0.2, 0.25) is 0 Å². The lowest BCUT2D eigenvalue weighted by atomic mass is 10.3. The highest BCUT2D eigenvalue weighted by molar-refractivity contribution is 7.13. The van der Waals surface area contributed by atoms with Gasteiger partial charge in [-0.1, -0.05) is 6.92 Å². The van der Waals surface area contributed by atoms with E-state index >= 15 is 0 Å². The molecular formula is C12H16N2S.